The third kappa shape index (κ3) is 3.30. The minimum absolute atomic E-state index is 0.912. The normalized spacial score (nSPS) is 12.3. The number of aromatic nitrogens is 2. The average Bonchev–Trinajstić information content (AvgIpc) is 3.78. The summed E-state index contributed by atoms with van der Waals surface area (Å²) in [5, 5.41) is 12.0. The van der Waals surface area contributed by atoms with Crippen LogP contribution in [0.15, 0.2) is 162 Å². The molecule has 0 saturated carbocycles. The van der Waals surface area contributed by atoms with Crippen LogP contribution in [-0.2, 0) is 0 Å². The highest BCUT2D eigenvalue weighted by Crippen LogP contribution is 2.46. The molecule has 8 aromatic carbocycles. The molecule has 0 saturated heterocycles. The predicted molar refractivity (Wildman–Crippen MR) is 197 cm³/mol. The lowest BCUT2D eigenvalue weighted by Gasteiger charge is -2.12. The van der Waals surface area contributed by atoms with Crippen molar-refractivity contribution in [2.45, 2.75) is 0 Å². The quantitative estimate of drug-likeness (QED) is 0.194. The van der Waals surface area contributed by atoms with Gasteiger partial charge in [0.25, 0.3) is 0 Å². The number of rotatable bonds is 2. The zero-order valence-corrected chi connectivity index (χ0v) is 25.3. The van der Waals surface area contributed by atoms with Gasteiger partial charge in [-0.05, 0) is 70.8 Å². The number of para-hydroxylation sites is 2. The van der Waals surface area contributed by atoms with Gasteiger partial charge < -0.3 is 13.6 Å². The van der Waals surface area contributed by atoms with E-state index in [1.54, 1.807) is 0 Å². The number of hydrogen-bond donors (Lipinski definition) is 0. The van der Waals surface area contributed by atoms with Gasteiger partial charge in [0.15, 0.2) is 0 Å². The highest BCUT2D eigenvalue weighted by molar-refractivity contribution is 6.31. The number of nitrogens with zero attached hydrogens (tertiary/aromatic N) is 2. The molecule has 0 aliphatic rings. The summed E-state index contributed by atoms with van der Waals surface area (Å²) in [7, 11) is 0. The highest BCUT2D eigenvalue weighted by Gasteiger charge is 2.24. The standard InChI is InChI=1S/C44H26N2O/c1-2-12-29-26-30(21-20-27(29)10-1)45-39-24-22-33-32-15-6-8-19-40(32)47-44(33)42(39)35-23-25-38-41(43(35)45)34-16-5-7-17-37(34)46(38)36-18-9-13-28-11-3-4-14-31(28)36/h1-26H. The molecule has 0 fully saturated rings. The first kappa shape index (κ1) is 24.9. The summed E-state index contributed by atoms with van der Waals surface area (Å²) < 4.78 is 11.6. The Bertz CT molecular complexity index is 3070. The van der Waals surface area contributed by atoms with Crippen LogP contribution in [0.2, 0.25) is 0 Å². The lowest BCUT2D eigenvalue weighted by Crippen LogP contribution is -1.96. The zero-order valence-electron chi connectivity index (χ0n) is 25.3. The molecule has 3 nitrogen and oxygen atoms in total. The number of benzene rings is 8. The first-order valence-electron chi connectivity index (χ1n) is 16.1. The second-order valence-electron chi connectivity index (χ2n) is 12.5. The van der Waals surface area contributed by atoms with Gasteiger partial charge in [-0.3, -0.25) is 0 Å². The molecule has 3 heteroatoms. The molecule has 0 spiro atoms. The van der Waals surface area contributed by atoms with Gasteiger partial charge in [-0.1, -0.05) is 103 Å². The maximum absolute atomic E-state index is 6.70. The summed E-state index contributed by atoms with van der Waals surface area (Å²) in [5.41, 5.74) is 8.86. The van der Waals surface area contributed by atoms with Crippen LogP contribution in [0.4, 0.5) is 0 Å². The molecule has 0 radical (unpaired) electrons. The van der Waals surface area contributed by atoms with Crippen LogP contribution in [0.5, 0.6) is 0 Å². The first-order chi connectivity index (χ1) is 23.3. The number of fused-ring (bicyclic) bond motifs is 13. The van der Waals surface area contributed by atoms with Gasteiger partial charge in [0.2, 0.25) is 0 Å². The van der Waals surface area contributed by atoms with E-state index in [-0.39, 0.29) is 0 Å². The largest absolute Gasteiger partial charge is 0.455 e. The van der Waals surface area contributed by atoms with Crippen molar-refractivity contribution < 1.29 is 4.42 Å². The van der Waals surface area contributed by atoms with Crippen LogP contribution in [0.1, 0.15) is 0 Å². The third-order valence-electron chi connectivity index (χ3n) is 10.1. The summed E-state index contributed by atoms with van der Waals surface area (Å²) in [6.07, 6.45) is 0. The molecule has 3 aromatic heterocycles. The Labute approximate surface area is 269 Å². The van der Waals surface area contributed by atoms with E-state index in [4.69, 9.17) is 4.42 Å². The van der Waals surface area contributed by atoms with Gasteiger partial charge >= 0.3 is 0 Å². The minimum atomic E-state index is 0.912. The van der Waals surface area contributed by atoms with Crippen LogP contribution in [0, 0.1) is 0 Å². The molecule has 0 amide bonds. The lowest BCUT2D eigenvalue weighted by atomic mass is 10.1. The number of furan rings is 1. The fourth-order valence-corrected chi connectivity index (χ4v) is 8.07. The molecule has 0 unspecified atom stereocenters. The molecule has 0 aliphatic heterocycles. The Morgan fingerprint density at radius 1 is 0.383 bits per heavy atom. The van der Waals surface area contributed by atoms with Gasteiger partial charge in [0.05, 0.1) is 33.1 Å². The van der Waals surface area contributed by atoms with Crippen LogP contribution < -0.4 is 0 Å². The maximum atomic E-state index is 6.70. The zero-order chi connectivity index (χ0) is 30.6. The van der Waals surface area contributed by atoms with E-state index in [1.807, 2.05) is 6.07 Å². The Hall–Kier alpha value is -6.32. The van der Waals surface area contributed by atoms with Crippen molar-refractivity contribution in [3.05, 3.63) is 158 Å². The van der Waals surface area contributed by atoms with Crippen LogP contribution >= 0.6 is 0 Å². The van der Waals surface area contributed by atoms with Crippen LogP contribution in [-0.4, -0.2) is 9.13 Å². The third-order valence-corrected chi connectivity index (χ3v) is 10.1. The van der Waals surface area contributed by atoms with Gasteiger partial charge in [-0.25, -0.2) is 0 Å². The summed E-state index contributed by atoms with van der Waals surface area (Å²) in [6.45, 7) is 0. The summed E-state index contributed by atoms with van der Waals surface area (Å²) >= 11 is 0. The molecular formula is C44H26N2O. The SMILES string of the molecule is c1ccc2cc(-n3c4ccc5c6ccccc6oc5c4c4ccc5c(c6ccccc6n5-c5cccc6ccccc56)c43)ccc2c1. The fraction of sp³-hybridized carbons (Fsp3) is 0. The molecule has 0 N–H and O–H groups in total. The Balaban J connectivity index is 1.38. The molecule has 218 valence electrons. The average molecular weight is 599 g/mol. The summed E-state index contributed by atoms with van der Waals surface area (Å²) in [6, 6.07) is 57.0. The van der Waals surface area contributed by atoms with Gasteiger partial charge in [-0.15, -0.1) is 0 Å². The van der Waals surface area contributed by atoms with Crippen LogP contribution in [0.25, 0.3) is 98.5 Å². The van der Waals surface area contributed by atoms with Gasteiger partial charge in [0.1, 0.15) is 11.2 Å². The molecule has 11 rings (SSSR count). The molecule has 3 heterocycles. The minimum Gasteiger partial charge on any atom is -0.455 e. The molecule has 0 aliphatic carbocycles. The summed E-state index contributed by atoms with van der Waals surface area (Å²) in [5.74, 6) is 0. The van der Waals surface area contributed by atoms with Crippen LogP contribution in [0.3, 0.4) is 0 Å². The van der Waals surface area contributed by atoms with E-state index >= 15 is 0 Å². The second-order valence-corrected chi connectivity index (χ2v) is 12.5. The second kappa shape index (κ2) is 9.12. The fourth-order valence-electron chi connectivity index (χ4n) is 8.07. The predicted octanol–water partition coefficient (Wildman–Crippen LogP) is 12.1. The van der Waals surface area contributed by atoms with E-state index in [0.717, 1.165) is 38.5 Å². The van der Waals surface area contributed by atoms with E-state index in [0.29, 0.717) is 0 Å². The molecule has 0 bridgehead atoms. The Kier molecular flexibility index (Phi) is 4.84. The van der Waals surface area contributed by atoms with E-state index in [2.05, 4.69) is 161 Å². The number of hydrogen-bond acceptors (Lipinski definition) is 1. The van der Waals surface area contributed by atoms with Crippen molar-refractivity contribution in [3.8, 4) is 11.4 Å². The van der Waals surface area contributed by atoms with Crippen molar-refractivity contribution in [3.63, 3.8) is 0 Å². The maximum Gasteiger partial charge on any atom is 0.145 e. The highest BCUT2D eigenvalue weighted by atomic mass is 16.3. The smallest absolute Gasteiger partial charge is 0.145 e. The first-order valence-corrected chi connectivity index (χ1v) is 16.1. The Morgan fingerprint density at radius 2 is 1.06 bits per heavy atom. The van der Waals surface area contributed by atoms with Gasteiger partial charge in [-0.2, -0.15) is 0 Å². The topological polar surface area (TPSA) is 23.0 Å². The summed E-state index contributed by atoms with van der Waals surface area (Å²) in [4.78, 5) is 0. The van der Waals surface area contributed by atoms with Crippen molar-refractivity contribution in [1.29, 1.82) is 0 Å². The lowest BCUT2D eigenvalue weighted by molar-refractivity contribution is 0.673. The van der Waals surface area contributed by atoms with Crippen molar-refractivity contribution in [1.82, 2.24) is 9.13 Å². The van der Waals surface area contributed by atoms with Gasteiger partial charge in [0, 0.05) is 38.0 Å². The van der Waals surface area contributed by atoms with E-state index in [1.165, 1.54) is 59.9 Å². The van der Waals surface area contributed by atoms with Crippen molar-refractivity contribution in [2.24, 2.45) is 0 Å². The van der Waals surface area contributed by atoms with E-state index in [9.17, 15) is 0 Å². The molecule has 0 atom stereocenters. The van der Waals surface area contributed by atoms with Crippen molar-refractivity contribution >= 4 is 87.1 Å². The van der Waals surface area contributed by atoms with E-state index < -0.39 is 0 Å². The molecular weight excluding hydrogens is 572 g/mol. The Morgan fingerprint density at radius 3 is 1.96 bits per heavy atom. The molecule has 47 heavy (non-hydrogen) atoms. The monoisotopic (exact) mass is 598 g/mol. The molecule has 11 aromatic rings. The van der Waals surface area contributed by atoms with Crippen molar-refractivity contribution in [2.75, 3.05) is 0 Å².